The van der Waals surface area contributed by atoms with Gasteiger partial charge in [0.2, 0.25) is 0 Å². The first-order chi connectivity index (χ1) is 0. The molecule has 0 saturated carbocycles. The van der Waals surface area contributed by atoms with Crippen molar-refractivity contribution in [2.24, 2.45) is 0 Å². The molecule has 0 spiro atoms. The molecule has 0 heterocycles. The molecule has 0 bridgehead atoms. The minimum absolute atomic E-state index is 0. The average Bonchev–Trinajstić information content (AvgIpc) is 0. The Bertz CT molecular complexity index is 6.85. The summed E-state index contributed by atoms with van der Waals surface area (Å²) in [6, 6.07) is 0. The summed E-state index contributed by atoms with van der Waals surface area (Å²) in [7, 11) is 0. The van der Waals surface area contributed by atoms with Gasteiger partial charge in [-0.2, -0.15) is 0 Å². The standard InChI is InChI=1S/La.Mo.3O/q;+6;3*-2. The van der Waals surface area contributed by atoms with E-state index in [1.807, 2.05) is 0 Å². The molecule has 0 rings (SSSR count). The maximum atomic E-state index is 0. The van der Waals surface area contributed by atoms with Crippen LogP contribution in [0.2, 0.25) is 0 Å². The van der Waals surface area contributed by atoms with Crippen LogP contribution in [0.3, 0.4) is 0 Å². The fourth-order valence-electron chi connectivity index (χ4n) is 0. The van der Waals surface area contributed by atoms with E-state index in [1.54, 1.807) is 0 Å². The molecule has 0 aromatic heterocycles. The van der Waals surface area contributed by atoms with Gasteiger partial charge in [-0.05, 0) is 0 Å². The normalized spacial score (nSPS) is 0. The Morgan fingerprint density at radius 2 is 0.600 bits per heavy atom. The molecule has 5 heavy (non-hydrogen) atoms. The minimum Gasteiger partial charge on any atom is -2.00 e. The quantitative estimate of drug-likeness (QED) is 0.544. The smallest absolute Gasteiger partial charge is 2.00 e. The topological polar surface area (TPSA) is 85.5 Å². The largest absolute Gasteiger partial charge is 6.00 e. The van der Waals surface area contributed by atoms with Crippen molar-refractivity contribution < 1.29 is 73.1 Å². The zero-order chi connectivity index (χ0) is 0. The predicted molar refractivity (Wildman–Crippen MR) is 2.06 cm³/mol. The van der Waals surface area contributed by atoms with Crippen LogP contribution in [0.1, 0.15) is 0 Å². The summed E-state index contributed by atoms with van der Waals surface area (Å²) in [6.45, 7) is 0. The Morgan fingerprint density at radius 3 is 0.600 bits per heavy atom. The minimum atomic E-state index is 0. The van der Waals surface area contributed by atoms with Gasteiger partial charge in [0.05, 0.1) is 0 Å². The number of hydrogen-bond donors (Lipinski definition) is 0. The van der Waals surface area contributed by atoms with Crippen molar-refractivity contribution in [3.8, 4) is 0 Å². The Labute approximate surface area is 72.3 Å². The Kier molecular flexibility index (Phi) is 608. The van der Waals surface area contributed by atoms with E-state index in [0.29, 0.717) is 0 Å². The number of rotatable bonds is 0. The molecular weight excluding hydrogens is 283 g/mol. The molecule has 3 nitrogen and oxygen atoms in total. The van der Waals surface area contributed by atoms with Crippen molar-refractivity contribution in [3.63, 3.8) is 0 Å². The van der Waals surface area contributed by atoms with Gasteiger partial charge in [0.25, 0.3) is 0 Å². The maximum absolute atomic E-state index is 0. The zero-order valence-corrected chi connectivity index (χ0v) is 7.84. The van der Waals surface area contributed by atoms with E-state index < -0.39 is 0 Å². The summed E-state index contributed by atoms with van der Waals surface area (Å²) in [5.41, 5.74) is 0. The van der Waals surface area contributed by atoms with Crippen molar-refractivity contribution in [2.45, 2.75) is 0 Å². The van der Waals surface area contributed by atoms with E-state index in [1.165, 1.54) is 0 Å². The summed E-state index contributed by atoms with van der Waals surface area (Å²) in [5.74, 6) is 0. The molecule has 0 unspecified atom stereocenters. The Balaban J connectivity index is 0. The third kappa shape index (κ3) is 26.3. The second kappa shape index (κ2) is 42.1. The SMILES string of the molecule is [La].[Mo+6].[O-2].[O-2].[O-2]. The third-order valence-corrected chi connectivity index (χ3v) is 0. The van der Waals surface area contributed by atoms with Gasteiger partial charge >= 0.3 is 21.1 Å². The fraction of sp³-hybridized carbons (Fsp3) is 0. The summed E-state index contributed by atoms with van der Waals surface area (Å²) in [4.78, 5) is 0. The van der Waals surface area contributed by atoms with Crippen LogP contribution in [0.25, 0.3) is 0 Å². The molecule has 0 saturated heterocycles. The van der Waals surface area contributed by atoms with Crippen molar-refractivity contribution in [3.05, 3.63) is 0 Å². The molecule has 0 fully saturated rings. The van der Waals surface area contributed by atoms with E-state index in [-0.39, 0.29) is 73.1 Å². The van der Waals surface area contributed by atoms with Gasteiger partial charge in [0.15, 0.2) is 0 Å². The van der Waals surface area contributed by atoms with Crippen LogP contribution in [0.15, 0.2) is 0 Å². The van der Waals surface area contributed by atoms with Gasteiger partial charge < -0.3 is 16.4 Å². The van der Waals surface area contributed by atoms with Gasteiger partial charge in [0.1, 0.15) is 0 Å². The van der Waals surface area contributed by atoms with Gasteiger partial charge in [-0.3, -0.25) is 0 Å². The molecule has 0 N–H and O–H groups in total. The fourth-order valence-corrected chi connectivity index (χ4v) is 0. The van der Waals surface area contributed by atoms with Gasteiger partial charge in [-0.25, -0.2) is 0 Å². The summed E-state index contributed by atoms with van der Waals surface area (Å²) in [6.07, 6.45) is 0. The van der Waals surface area contributed by atoms with Crippen LogP contribution in [-0.4, -0.2) is 0 Å². The number of hydrogen-bond acceptors (Lipinski definition) is 0. The van der Waals surface area contributed by atoms with Crippen molar-refractivity contribution in [1.82, 2.24) is 0 Å². The van der Waals surface area contributed by atoms with Crippen molar-refractivity contribution >= 4 is 0 Å². The molecular formula is LaMoO3. The third-order valence-electron chi connectivity index (χ3n) is 0. The predicted octanol–water partition coefficient (Wildman–Crippen LogP) is -0.359. The van der Waals surface area contributed by atoms with Gasteiger partial charge in [0, 0.05) is 35.6 Å². The van der Waals surface area contributed by atoms with Crippen LogP contribution in [0, 0.1) is 35.6 Å². The van der Waals surface area contributed by atoms with Gasteiger partial charge in [-0.1, -0.05) is 0 Å². The average molecular weight is 283 g/mol. The first-order valence-electron chi connectivity index (χ1n) is 0. The summed E-state index contributed by atoms with van der Waals surface area (Å²) >= 11 is 0. The Morgan fingerprint density at radius 1 is 0.600 bits per heavy atom. The molecule has 0 aliphatic heterocycles. The van der Waals surface area contributed by atoms with E-state index in [9.17, 15) is 0 Å². The molecule has 0 atom stereocenters. The molecule has 0 aliphatic rings. The molecule has 5 heteroatoms. The first-order valence-corrected chi connectivity index (χ1v) is 0. The first kappa shape index (κ1) is 72.3. The van der Waals surface area contributed by atoms with Crippen molar-refractivity contribution in [1.29, 1.82) is 0 Å². The molecule has 0 aliphatic carbocycles. The van der Waals surface area contributed by atoms with E-state index in [2.05, 4.69) is 0 Å². The molecule has 1 radical (unpaired) electrons. The van der Waals surface area contributed by atoms with Crippen LogP contribution in [0.4, 0.5) is 0 Å². The summed E-state index contributed by atoms with van der Waals surface area (Å²) in [5, 5.41) is 0. The van der Waals surface area contributed by atoms with Crippen LogP contribution < -0.4 is 0 Å². The van der Waals surface area contributed by atoms with E-state index >= 15 is 0 Å². The van der Waals surface area contributed by atoms with E-state index in [4.69, 9.17) is 0 Å². The monoisotopic (exact) mass is 285 g/mol. The van der Waals surface area contributed by atoms with Crippen LogP contribution >= 0.6 is 0 Å². The molecule has 0 aromatic carbocycles. The van der Waals surface area contributed by atoms with E-state index in [0.717, 1.165) is 0 Å². The van der Waals surface area contributed by atoms with Gasteiger partial charge in [-0.15, -0.1) is 0 Å². The van der Waals surface area contributed by atoms with Crippen LogP contribution in [0.5, 0.6) is 0 Å². The maximum Gasteiger partial charge on any atom is 6.00 e. The summed E-state index contributed by atoms with van der Waals surface area (Å²) < 4.78 is 0. The zero-order valence-electron chi connectivity index (χ0n) is 2.21. The second-order valence-electron chi connectivity index (χ2n) is 0. The van der Waals surface area contributed by atoms with Crippen LogP contribution in [-0.2, 0) is 37.5 Å². The molecule has 0 amide bonds. The Hall–Kier alpha value is 1.76. The molecule has 0 aromatic rings. The van der Waals surface area contributed by atoms with Crippen molar-refractivity contribution in [2.75, 3.05) is 0 Å². The second-order valence-corrected chi connectivity index (χ2v) is 0. The molecule has 27 valence electrons.